The topological polar surface area (TPSA) is 55.1 Å². The summed E-state index contributed by atoms with van der Waals surface area (Å²) in [7, 11) is 0. The molecule has 3 N–H and O–H groups in total. The molecule has 1 saturated heterocycles. The van der Waals surface area contributed by atoms with Gasteiger partial charge in [0, 0.05) is 12.1 Å². The lowest BCUT2D eigenvalue weighted by atomic mass is 9.90. The lowest BCUT2D eigenvalue weighted by molar-refractivity contribution is 0.100. The van der Waals surface area contributed by atoms with Crippen LogP contribution in [0.3, 0.4) is 0 Å². The second kappa shape index (κ2) is 6.10. The highest BCUT2D eigenvalue weighted by molar-refractivity contribution is 5.99. The first-order valence-electron chi connectivity index (χ1n) is 7.45. The molecular formula is C18H20N2O. The lowest BCUT2D eigenvalue weighted by Crippen LogP contribution is -2.28. The monoisotopic (exact) mass is 280 g/mol. The van der Waals surface area contributed by atoms with E-state index in [0.717, 1.165) is 24.2 Å². The SMILES string of the molecule is NC(=O)c1ccccc1-c1ccc([C@@H]2CCCNC2)cc1. The molecule has 1 atom stereocenters. The number of primary amides is 1. The van der Waals surface area contributed by atoms with Gasteiger partial charge < -0.3 is 11.1 Å². The first kappa shape index (κ1) is 13.8. The molecule has 2 aromatic rings. The zero-order valence-electron chi connectivity index (χ0n) is 12.0. The Kier molecular flexibility index (Phi) is 4.02. The number of hydrogen-bond acceptors (Lipinski definition) is 2. The Labute approximate surface area is 125 Å². The van der Waals surface area contributed by atoms with E-state index < -0.39 is 0 Å². The van der Waals surface area contributed by atoms with Crippen LogP contribution in [-0.4, -0.2) is 19.0 Å². The predicted molar refractivity (Wildman–Crippen MR) is 85.2 cm³/mol. The Balaban J connectivity index is 1.89. The minimum atomic E-state index is -0.383. The third-order valence-corrected chi connectivity index (χ3v) is 4.18. The number of piperidine rings is 1. The lowest BCUT2D eigenvalue weighted by Gasteiger charge is -2.23. The van der Waals surface area contributed by atoms with E-state index in [-0.39, 0.29) is 5.91 Å². The third-order valence-electron chi connectivity index (χ3n) is 4.18. The number of amides is 1. The van der Waals surface area contributed by atoms with Gasteiger partial charge in [-0.25, -0.2) is 0 Å². The van der Waals surface area contributed by atoms with Crippen molar-refractivity contribution in [2.45, 2.75) is 18.8 Å². The van der Waals surface area contributed by atoms with Gasteiger partial charge in [0.25, 0.3) is 0 Å². The summed E-state index contributed by atoms with van der Waals surface area (Å²) in [6.07, 6.45) is 2.47. The van der Waals surface area contributed by atoms with Gasteiger partial charge in [-0.05, 0) is 48.1 Å². The summed E-state index contributed by atoms with van der Waals surface area (Å²) in [5.41, 5.74) is 9.33. The van der Waals surface area contributed by atoms with Crippen molar-refractivity contribution in [1.82, 2.24) is 5.32 Å². The van der Waals surface area contributed by atoms with Crippen LogP contribution in [0.4, 0.5) is 0 Å². The second-order valence-electron chi connectivity index (χ2n) is 5.58. The summed E-state index contributed by atoms with van der Waals surface area (Å²) in [6.45, 7) is 2.18. The Morgan fingerprint density at radius 2 is 1.86 bits per heavy atom. The van der Waals surface area contributed by atoms with E-state index in [1.807, 2.05) is 18.2 Å². The van der Waals surface area contributed by atoms with E-state index in [1.54, 1.807) is 6.07 Å². The highest BCUT2D eigenvalue weighted by Crippen LogP contribution is 2.28. The highest BCUT2D eigenvalue weighted by atomic mass is 16.1. The van der Waals surface area contributed by atoms with Gasteiger partial charge in [0.1, 0.15) is 0 Å². The molecule has 108 valence electrons. The smallest absolute Gasteiger partial charge is 0.249 e. The molecule has 21 heavy (non-hydrogen) atoms. The maximum absolute atomic E-state index is 11.5. The zero-order chi connectivity index (χ0) is 14.7. The van der Waals surface area contributed by atoms with Crippen molar-refractivity contribution in [3.05, 3.63) is 59.7 Å². The van der Waals surface area contributed by atoms with Crippen molar-refractivity contribution >= 4 is 5.91 Å². The van der Waals surface area contributed by atoms with Gasteiger partial charge >= 0.3 is 0 Å². The average molecular weight is 280 g/mol. The molecule has 0 aliphatic carbocycles. The predicted octanol–water partition coefficient (Wildman–Crippen LogP) is 2.92. The van der Waals surface area contributed by atoms with Crippen molar-refractivity contribution in [2.24, 2.45) is 5.73 Å². The van der Waals surface area contributed by atoms with Gasteiger partial charge in [-0.2, -0.15) is 0 Å². The van der Waals surface area contributed by atoms with Gasteiger partial charge in [-0.15, -0.1) is 0 Å². The molecule has 3 heteroatoms. The fourth-order valence-electron chi connectivity index (χ4n) is 3.02. The van der Waals surface area contributed by atoms with Crippen LogP contribution in [0.15, 0.2) is 48.5 Å². The second-order valence-corrected chi connectivity index (χ2v) is 5.58. The zero-order valence-corrected chi connectivity index (χ0v) is 12.0. The largest absolute Gasteiger partial charge is 0.366 e. The van der Waals surface area contributed by atoms with Crippen LogP contribution in [0.2, 0.25) is 0 Å². The van der Waals surface area contributed by atoms with Crippen molar-refractivity contribution in [3.8, 4) is 11.1 Å². The fourth-order valence-corrected chi connectivity index (χ4v) is 3.02. The number of nitrogens with two attached hydrogens (primary N) is 1. The standard InChI is InChI=1S/C18H20N2O/c19-18(21)17-6-2-1-5-16(17)14-9-7-13(8-10-14)15-4-3-11-20-12-15/h1-2,5-10,15,20H,3-4,11-12H2,(H2,19,21)/t15-/m1/s1. The molecule has 0 radical (unpaired) electrons. The van der Waals surface area contributed by atoms with E-state index in [0.29, 0.717) is 11.5 Å². The Morgan fingerprint density at radius 3 is 2.52 bits per heavy atom. The Morgan fingerprint density at radius 1 is 1.10 bits per heavy atom. The molecule has 0 saturated carbocycles. The first-order chi connectivity index (χ1) is 10.3. The first-order valence-corrected chi connectivity index (χ1v) is 7.45. The number of carbonyl (C=O) groups excluding carboxylic acids is 1. The Bertz CT molecular complexity index is 628. The maximum atomic E-state index is 11.5. The normalized spacial score (nSPS) is 18.4. The van der Waals surface area contributed by atoms with Crippen LogP contribution >= 0.6 is 0 Å². The minimum Gasteiger partial charge on any atom is -0.366 e. The van der Waals surface area contributed by atoms with Crippen molar-refractivity contribution in [2.75, 3.05) is 13.1 Å². The summed E-state index contributed by atoms with van der Waals surface area (Å²) in [5.74, 6) is 0.213. The van der Waals surface area contributed by atoms with Crippen molar-refractivity contribution in [1.29, 1.82) is 0 Å². The number of benzene rings is 2. The van der Waals surface area contributed by atoms with Gasteiger partial charge in [0.05, 0.1) is 0 Å². The van der Waals surface area contributed by atoms with Crippen LogP contribution in [0, 0.1) is 0 Å². The summed E-state index contributed by atoms with van der Waals surface area (Å²) in [4.78, 5) is 11.5. The molecule has 3 rings (SSSR count). The molecule has 1 aliphatic rings. The molecule has 0 spiro atoms. The highest BCUT2D eigenvalue weighted by Gasteiger charge is 2.15. The quantitative estimate of drug-likeness (QED) is 0.908. The molecular weight excluding hydrogens is 260 g/mol. The maximum Gasteiger partial charge on any atom is 0.249 e. The van der Waals surface area contributed by atoms with Crippen LogP contribution in [0.1, 0.15) is 34.7 Å². The summed E-state index contributed by atoms with van der Waals surface area (Å²) >= 11 is 0. The molecule has 2 aromatic carbocycles. The van der Waals surface area contributed by atoms with E-state index >= 15 is 0 Å². The average Bonchev–Trinajstić information content (AvgIpc) is 2.56. The van der Waals surface area contributed by atoms with Gasteiger partial charge in [-0.1, -0.05) is 42.5 Å². The number of carbonyl (C=O) groups is 1. The van der Waals surface area contributed by atoms with Crippen LogP contribution < -0.4 is 11.1 Å². The van der Waals surface area contributed by atoms with Crippen molar-refractivity contribution < 1.29 is 4.79 Å². The molecule has 0 aromatic heterocycles. The molecule has 0 bridgehead atoms. The fraction of sp³-hybridized carbons (Fsp3) is 0.278. The molecule has 1 heterocycles. The van der Waals surface area contributed by atoms with Gasteiger partial charge in [-0.3, -0.25) is 4.79 Å². The summed E-state index contributed by atoms with van der Waals surface area (Å²) < 4.78 is 0. The minimum absolute atomic E-state index is 0.383. The van der Waals surface area contributed by atoms with E-state index in [9.17, 15) is 4.79 Å². The van der Waals surface area contributed by atoms with E-state index in [1.165, 1.54) is 18.4 Å². The molecule has 1 aliphatic heterocycles. The number of nitrogens with one attached hydrogen (secondary N) is 1. The van der Waals surface area contributed by atoms with E-state index in [2.05, 4.69) is 29.6 Å². The molecule has 0 unspecified atom stereocenters. The van der Waals surface area contributed by atoms with Crippen LogP contribution in [0.25, 0.3) is 11.1 Å². The Hall–Kier alpha value is -2.13. The molecule has 1 amide bonds. The van der Waals surface area contributed by atoms with Crippen LogP contribution in [-0.2, 0) is 0 Å². The number of rotatable bonds is 3. The molecule has 1 fully saturated rings. The summed E-state index contributed by atoms with van der Waals surface area (Å²) in [6, 6.07) is 16.0. The van der Waals surface area contributed by atoms with Crippen LogP contribution in [0.5, 0.6) is 0 Å². The summed E-state index contributed by atoms with van der Waals surface area (Å²) in [5, 5.41) is 3.44. The van der Waals surface area contributed by atoms with E-state index in [4.69, 9.17) is 5.73 Å². The third kappa shape index (κ3) is 2.98. The molecule has 3 nitrogen and oxygen atoms in total. The van der Waals surface area contributed by atoms with Gasteiger partial charge in [0.15, 0.2) is 0 Å². The van der Waals surface area contributed by atoms with Crippen molar-refractivity contribution in [3.63, 3.8) is 0 Å². The van der Waals surface area contributed by atoms with Gasteiger partial charge in [0.2, 0.25) is 5.91 Å². The number of hydrogen-bond donors (Lipinski definition) is 2.